The molecule has 1 fully saturated rings. The second-order valence-corrected chi connectivity index (χ2v) is 9.46. The molecule has 3 N–H and O–H groups in total. The van der Waals surface area contributed by atoms with Crippen molar-refractivity contribution >= 4 is 33.2 Å². The first kappa shape index (κ1) is 16.5. The molecule has 1 heterocycles. The van der Waals surface area contributed by atoms with E-state index in [1.165, 1.54) is 7.05 Å². The summed E-state index contributed by atoms with van der Waals surface area (Å²) in [5.41, 5.74) is 7.49. The molecule has 1 aromatic carbocycles. The number of nitrogens with one attached hydrogen (secondary N) is 1. The van der Waals surface area contributed by atoms with Crippen molar-refractivity contribution in [3.63, 3.8) is 0 Å². The number of nitrogen functional groups attached to an aromatic ring is 1. The average molecular weight is 329 g/mol. The highest BCUT2D eigenvalue weighted by atomic mass is 32.2. The van der Waals surface area contributed by atoms with Crippen molar-refractivity contribution in [1.82, 2.24) is 4.72 Å². The molecule has 1 aliphatic rings. The van der Waals surface area contributed by atoms with E-state index >= 15 is 0 Å². The van der Waals surface area contributed by atoms with Crippen LogP contribution >= 0.6 is 11.8 Å². The lowest BCUT2D eigenvalue weighted by Crippen LogP contribution is -2.28. The van der Waals surface area contributed by atoms with E-state index in [1.807, 2.05) is 11.8 Å². The predicted octanol–water partition coefficient (Wildman–Crippen LogP) is 1.90. The largest absolute Gasteiger partial charge is 0.397 e. The summed E-state index contributed by atoms with van der Waals surface area (Å²) in [4.78, 5) is 2.44. The van der Waals surface area contributed by atoms with E-state index < -0.39 is 10.0 Å². The highest BCUT2D eigenvalue weighted by molar-refractivity contribution is 8.00. The van der Waals surface area contributed by atoms with Gasteiger partial charge in [0.1, 0.15) is 0 Å². The van der Waals surface area contributed by atoms with E-state index in [1.54, 1.807) is 18.2 Å². The molecule has 0 spiro atoms. The van der Waals surface area contributed by atoms with E-state index in [9.17, 15) is 8.42 Å². The van der Waals surface area contributed by atoms with Gasteiger partial charge < -0.3 is 10.6 Å². The Bertz CT molecular complexity index is 615. The van der Waals surface area contributed by atoms with Crippen molar-refractivity contribution in [2.45, 2.75) is 29.9 Å². The fraction of sp³-hybridized carbons (Fsp3) is 0.571. The lowest BCUT2D eigenvalue weighted by atomic mass is 10.1. The van der Waals surface area contributed by atoms with E-state index in [0.29, 0.717) is 5.69 Å². The molecule has 0 atom stereocenters. The molecule has 21 heavy (non-hydrogen) atoms. The molecule has 1 aromatic rings. The van der Waals surface area contributed by atoms with Crippen molar-refractivity contribution in [2.24, 2.45) is 0 Å². The Labute approximate surface area is 131 Å². The van der Waals surface area contributed by atoms with Gasteiger partial charge in [-0.25, -0.2) is 13.1 Å². The fourth-order valence-electron chi connectivity index (χ4n) is 2.34. The molecule has 0 aliphatic carbocycles. The standard InChI is InChI=1S/C14H23N3O2S2/c1-14(2)6-7-17(8-9-20-14)13-10-11(4-5-12(13)15)21(18,19)16-3/h4-5,10,16H,6-9,15H2,1-3H3. The Balaban J connectivity index is 2.33. The number of benzene rings is 1. The highest BCUT2D eigenvalue weighted by Gasteiger charge is 2.25. The molecule has 5 nitrogen and oxygen atoms in total. The Morgan fingerprint density at radius 1 is 1.33 bits per heavy atom. The maximum absolute atomic E-state index is 11.9. The second kappa shape index (κ2) is 6.06. The SMILES string of the molecule is CNS(=O)(=O)c1ccc(N)c(N2CCSC(C)(C)CC2)c1. The lowest BCUT2D eigenvalue weighted by Gasteiger charge is -2.26. The Kier molecular flexibility index (Phi) is 4.75. The first-order chi connectivity index (χ1) is 9.75. The molecular formula is C14H23N3O2S2. The highest BCUT2D eigenvalue weighted by Crippen LogP contribution is 2.34. The van der Waals surface area contributed by atoms with Crippen LogP contribution in [0.4, 0.5) is 11.4 Å². The summed E-state index contributed by atoms with van der Waals surface area (Å²) >= 11 is 1.95. The van der Waals surface area contributed by atoms with Gasteiger partial charge in [0.2, 0.25) is 10.0 Å². The van der Waals surface area contributed by atoms with Gasteiger partial charge in [0.05, 0.1) is 16.3 Å². The van der Waals surface area contributed by atoms with Gasteiger partial charge in [-0.05, 0) is 31.7 Å². The van der Waals surface area contributed by atoms with E-state index in [2.05, 4.69) is 23.5 Å². The minimum atomic E-state index is -3.45. The molecule has 0 bridgehead atoms. The van der Waals surface area contributed by atoms with E-state index in [4.69, 9.17) is 5.73 Å². The maximum atomic E-state index is 11.9. The monoisotopic (exact) mass is 329 g/mol. The predicted molar refractivity (Wildman–Crippen MR) is 90.5 cm³/mol. The number of anilines is 2. The summed E-state index contributed by atoms with van der Waals surface area (Å²) in [6.45, 7) is 6.24. The number of rotatable bonds is 3. The van der Waals surface area contributed by atoms with Crippen LogP contribution in [0.2, 0.25) is 0 Å². The van der Waals surface area contributed by atoms with Crippen molar-refractivity contribution in [2.75, 3.05) is 36.5 Å². The molecule has 0 aromatic heterocycles. The summed E-state index contributed by atoms with van der Waals surface area (Å²) in [6.07, 6.45) is 1.04. The molecule has 0 amide bonds. The maximum Gasteiger partial charge on any atom is 0.240 e. The first-order valence-corrected chi connectivity index (χ1v) is 9.44. The number of hydrogen-bond acceptors (Lipinski definition) is 5. The minimum Gasteiger partial charge on any atom is -0.397 e. The molecule has 118 valence electrons. The Morgan fingerprint density at radius 2 is 2.05 bits per heavy atom. The zero-order chi connectivity index (χ0) is 15.7. The number of nitrogens with zero attached hydrogens (tertiary/aromatic N) is 1. The number of sulfonamides is 1. The summed E-state index contributed by atoms with van der Waals surface area (Å²) < 4.78 is 26.5. The van der Waals surface area contributed by atoms with Crippen LogP contribution in [0.25, 0.3) is 0 Å². The molecule has 7 heteroatoms. The lowest BCUT2D eigenvalue weighted by molar-refractivity contribution is 0.588. The normalized spacial score (nSPS) is 19.3. The van der Waals surface area contributed by atoms with E-state index in [-0.39, 0.29) is 9.64 Å². The first-order valence-electron chi connectivity index (χ1n) is 6.97. The van der Waals surface area contributed by atoms with Crippen LogP contribution in [0.5, 0.6) is 0 Å². The van der Waals surface area contributed by atoms with Gasteiger partial charge in [-0.2, -0.15) is 11.8 Å². The van der Waals surface area contributed by atoms with Crippen LogP contribution < -0.4 is 15.4 Å². The van der Waals surface area contributed by atoms with Gasteiger partial charge in [0.25, 0.3) is 0 Å². The summed E-state index contributed by atoms with van der Waals surface area (Å²) in [5, 5.41) is 0. The zero-order valence-corrected chi connectivity index (χ0v) is 14.4. The van der Waals surface area contributed by atoms with Crippen molar-refractivity contribution in [1.29, 1.82) is 0 Å². The Morgan fingerprint density at radius 3 is 2.71 bits per heavy atom. The van der Waals surface area contributed by atoms with E-state index in [0.717, 1.165) is 31.0 Å². The van der Waals surface area contributed by atoms with Crippen LogP contribution in [0.1, 0.15) is 20.3 Å². The quantitative estimate of drug-likeness (QED) is 0.829. The van der Waals surface area contributed by atoms with Gasteiger partial charge in [0.15, 0.2) is 0 Å². The summed E-state index contributed by atoms with van der Waals surface area (Å²) in [7, 11) is -2.03. The Hall–Kier alpha value is -0.920. The van der Waals surface area contributed by atoms with Gasteiger partial charge in [-0.1, -0.05) is 13.8 Å². The van der Waals surface area contributed by atoms with Crippen LogP contribution in [0.15, 0.2) is 23.1 Å². The number of hydrogen-bond donors (Lipinski definition) is 2. The van der Waals surface area contributed by atoms with Gasteiger partial charge in [-0.15, -0.1) is 0 Å². The van der Waals surface area contributed by atoms with Crippen LogP contribution in [-0.4, -0.2) is 39.1 Å². The van der Waals surface area contributed by atoms with Crippen molar-refractivity contribution < 1.29 is 8.42 Å². The third-order valence-electron chi connectivity index (χ3n) is 3.76. The summed E-state index contributed by atoms with van der Waals surface area (Å²) in [6, 6.07) is 4.88. The van der Waals surface area contributed by atoms with Crippen LogP contribution in [0, 0.1) is 0 Å². The molecule has 1 aliphatic heterocycles. The van der Waals surface area contributed by atoms with Crippen molar-refractivity contribution in [3.05, 3.63) is 18.2 Å². The number of nitrogens with two attached hydrogens (primary N) is 1. The third kappa shape index (κ3) is 3.84. The van der Waals surface area contributed by atoms with Gasteiger partial charge in [-0.3, -0.25) is 0 Å². The molecule has 2 rings (SSSR count). The topological polar surface area (TPSA) is 75.4 Å². The minimum absolute atomic E-state index is 0.248. The molecule has 0 unspecified atom stereocenters. The molecular weight excluding hydrogens is 306 g/mol. The van der Waals surface area contributed by atoms with Crippen LogP contribution in [-0.2, 0) is 10.0 Å². The van der Waals surface area contributed by atoms with Gasteiger partial charge in [0, 0.05) is 23.6 Å². The zero-order valence-electron chi connectivity index (χ0n) is 12.7. The summed E-state index contributed by atoms with van der Waals surface area (Å²) in [5.74, 6) is 1.01. The molecule has 0 radical (unpaired) electrons. The van der Waals surface area contributed by atoms with Gasteiger partial charge >= 0.3 is 0 Å². The molecule has 1 saturated heterocycles. The second-order valence-electron chi connectivity index (χ2n) is 5.77. The van der Waals surface area contributed by atoms with Crippen molar-refractivity contribution in [3.8, 4) is 0 Å². The smallest absolute Gasteiger partial charge is 0.240 e. The third-order valence-corrected chi connectivity index (χ3v) is 6.54. The van der Waals surface area contributed by atoms with Crippen LogP contribution in [0.3, 0.4) is 0 Å². The fourth-order valence-corrected chi connectivity index (χ4v) is 4.19. The molecule has 0 saturated carbocycles. The number of thioether (sulfide) groups is 1. The average Bonchev–Trinajstić information content (AvgIpc) is 2.60.